The first-order chi connectivity index (χ1) is 15.7. The number of rotatable bonds is 11. The number of nitrogens with one attached hydrogen (secondary N) is 1. The number of nitro benzene ring substituents is 1. The summed E-state index contributed by atoms with van der Waals surface area (Å²) in [6, 6.07) is 8.13. The molecule has 176 valence electrons. The molecule has 1 heterocycles. The third kappa shape index (κ3) is 6.50. The average molecular weight is 458 g/mol. The Hall–Kier alpha value is -3.98. The number of aromatic nitrogens is 2. The topological polar surface area (TPSA) is 152 Å². The van der Waals surface area contributed by atoms with Crippen molar-refractivity contribution in [2.45, 2.75) is 12.8 Å². The summed E-state index contributed by atoms with van der Waals surface area (Å²) >= 11 is 0. The highest BCUT2D eigenvalue weighted by atomic mass is 16.6. The number of carbonyl (C=O) groups excluding carboxylic acids is 1. The molecule has 0 fully saturated rings. The molecule has 0 spiro atoms. The zero-order valence-electron chi connectivity index (χ0n) is 18.7. The van der Waals surface area contributed by atoms with Crippen molar-refractivity contribution in [1.29, 1.82) is 5.26 Å². The van der Waals surface area contributed by atoms with Crippen molar-refractivity contribution in [3.8, 4) is 6.07 Å². The van der Waals surface area contributed by atoms with E-state index >= 15 is 0 Å². The van der Waals surface area contributed by atoms with E-state index in [2.05, 4.69) is 5.32 Å². The number of aryl methyl sites for hydroxylation is 1. The number of hydrogen-bond acceptors (Lipinski definition) is 9. The second-order valence-electron chi connectivity index (χ2n) is 7.35. The van der Waals surface area contributed by atoms with Crippen LogP contribution in [0.1, 0.15) is 17.5 Å². The van der Waals surface area contributed by atoms with Gasteiger partial charge in [-0.3, -0.25) is 33.7 Å². The molecule has 1 N–H and O–H groups in total. The molecule has 33 heavy (non-hydrogen) atoms. The molecule has 0 atom stereocenters. The molecule has 0 saturated carbocycles. The molecule has 1 aromatic carbocycles. The maximum atomic E-state index is 12.2. The normalized spacial score (nSPS) is 10.6. The van der Waals surface area contributed by atoms with Crippen LogP contribution in [-0.2, 0) is 30.0 Å². The standard InChI is InChI=1S/C21H26N6O6/c1-24-19(17(13-22)20(29)25(2)21(24)30)23-10-12-26(14-18(28)33-3)11-4-5-15-6-8-16(9-7-15)27(31)32/h6-9,23H,4-5,10-12,14H2,1-3H3. The van der Waals surface area contributed by atoms with Crippen LogP contribution in [0, 0.1) is 21.4 Å². The number of nitrogens with zero attached hydrogens (tertiary/aromatic N) is 5. The van der Waals surface area contributed by atoms with Crippen LogP contribution in [0.2, 0.25) is 0 Å². The first-order valence-electron chi connectivity index (χ1n) is 10.2. The van der Waals surface area contributed by atoms with E-state index in [1.54, 1.807) is 12.1 Å². The minimum absolute atomic E-state index is 0.0269. The van der Waals surface area contributed by atoms with Crippen LogP contribution in [0.3, 0.4) is 0 Å². The Morgan fingerprint density at radius 1 is 1.21 bits per heavy atom. The van der Waals surface area contributed by atoms with Crippen molar-refractivity contribution >= 4 is 17.5 Å². The Morgan fingerprint density at radius 3 is 2.45 bits per heavy atom. The number of ether oxygens (including phenoxy) is 1. The van der Waals surface area contributed by atoms with Crippen LogP contribution in [0.15, 0.2) is 33.9 Å². The summed E-state index contributed by atoms with van der Waals surface area (Å²) in [4.78, 5) is 48.3. The molecule has 0 amide bonds. The molecular weight excluding hydrogens is 432 g/mol. The molecule has 0 bridgehead atoms. The Bertz CT molecular complexity index is 1160. The zero-order chi connectivity index (χ0) is 24.5. The lowest BCUT2D eigenvalue weighted by atomic mass is 10.1. The van der Waals surface area contributed by atoms with Gasteiger partial charge in [0.2, 0.25) is 0 Å². The number of carbonyl (C=O) groups is 1. The highest BCUT2D eigenvalue weighted by Gasteiger charge is 2.16. The fourth-order valence-electron chi connectivity index (χ4n) is 3.29. The summed E-state index contributed by atoms with van der Waals surface area (Å²) in [5, 5.41) is 23.1. The molecule has 0 unspecified atom stereocenters. The highest BCUT2D eigenvalue weighted by molar-refractivity contribution is 5.71. The largest absolute Gasteiger partial charge is 0.468 e. The third-order valence-electron chi connectivity index (χ3n) is 5.16. The van der Waals surface area contributed by atoms with Crippen LogP contribution < -0.4 is 16.6 Å². The summed E-state index contributed by atoms with van der Waals surface area (Å²) in [6.45, 7) is 1.22. The fourth-order valence-corrected chi connectivity index (χ4v) is 3.29. The van der Waals surface area contributed by atoms with E-state index < -0.39 is 22.1 Å². The molecule has 0 aliphatic heterocycles. The molecule has 1 aromatic heterocycles. The van der Waals surface area contributed by atoms with Gasteiger partial charge >= 0.3 is 11.7 Å². The fraction of sp³-hybridized carbons (Fsp3) is 0.429. The lowest BCUT2D eigenvalue weighted by molar-refractivity contribution is -0.384. The van der Waals surface area contributed by atoms with E-state index in [0.717, 1.165) is 10.1 Å². The van der Waals surface area contributed by atoms with E-state index in [9.17, 15) is 29.8 Å². The lowest BCUT2D eigenvalue weighted by Gasteiger charge is -2.22. The number of anilines is 1. The molecular formula is C21H26N6O6. The number of nitriles is 1. The summed E-state index contributed by atoms with van der Waals surface area (Å²) in [5.41, 5.74) is -0.449. The van der Waals surface area contributed by atoms with Gasteiger partial charge in [-0.2, -0.15) is 5.26 Å². The van der Waals surface area contributed by atoms with Crippen molar-refractivity contribution in [2.75, 3.05) is 38.6 Å². The second kappa shape index (κ2) is 11.6. The Kier molecular flexibility index (Phi) is 8.88. The van der Waals surface area contributed by atoms with Crippen LogP contribution in [0.5, 0.6) is 0 Å². The second-order valence-corrected chi connectivity index (χ2v) is 7.35. The van der Waals surface area contributed by atoms with E-state index in [-0.39, 0.29) is 30.2 Å². The van der Waals surface area contributed by atoms with Crippen LogP contribution in [0.25, 0.3) is 0 Å². The van der Waals surface area contributed by atoms with Crippen LogP contribution in [-0.4, -0.2) is 58.2 Å². The van der Waals surface area contributed by atoms with Crippen molar-refractivity contribution in [3.63, 3.8) is 0 Å². The van der Waals surface area contributed by atoms with Gasteiger partial charge in [0.05, 0.1) is 18.6 Å². The maximum Gasteiger partial charge on any atom is 0.332 e. The van der Waals surface area contributed by atoms with E-state index in [4.69, 9.17) is 4.74 Å². The minimum Gasteiger partial charge on any atom is -0.468 e. The number of esters is 1. The van der Waals surface area contributed by atoms with Gasteiger partial charge in [-0.15, -0.1) is 0 Å². The SMILES string of the molecule is COC(=O)CN(CCCc1ccc([N+](=O)[O-])cc1)CCNc1c(C#N)c(=O)n(C)c(=O)n1C. The molecule has 0 saturated heterocycles. The van der Waals surface area contributed by atoms with Gasteiger partial charge in [0.25, 0.3) is 11.2 Å². The van der Waals surface area contributed by atoms with E-state index in [1.165, 1.54) is 37.9 Å². The predicted molar refractivity (Wildman–Crippen MR) is 120 cm³/mol. The number of nitro groups is 1. The van der Waals surface area contributed by atoms with Crippen molar-refractivity contribution < 1.29 is 14.5 Å². The molecule has 0 aliphatic carbocycles. The Balaban J connectivity index is 2.02. The smallest absolute Gasteiger partial charge is 0.332 e. The summed E-state index contributed by atoms with van der Waals surface area (Å²) in [5.74, 6) is -0.293. The molecule has 12 heteroatoms. The summed E-state index contributed by atoms with van der Waals surface area (Å²) in [6.07, 6.45) is 1.34. The van der Waals surface area contributed by atoms with Gasteiger partial charge in [-0.05, 0) is 24.9 Å². The van der Waals surface area contributed by atoms with Gasteiger partial charge < -0.3 is 10.1 Å². The molecule has 2 aromatic rings. The maximum absolute atomic E-state index is 12.2. The molecule has 0 aliphatic rings. The Labute approximate surface area is 189 Å². The van der Waals surface area contributed by atoms with Gasteiger partial charge in [0.15, 0.2) is 5.56 Å². The van der Waals surface area contributed by atoms with Crippen LogP contribution >= 0.6 is 0 Å². The summed E-state index contributed by atoms with van der Waals surface area (Å²) in [7, 11) is 4.06. The number of methoxy groups -OCH3 is 1. The average Bonchev–Trinajstić information content (AvgIpc) is 2.81. The van der Waals surface area contributed by atoms with Crippen LogP contribution in [0.4, 0.5) is 11.5 Å². The van der Waals surface area contributed by atoms with Crippen molar-refractivity contribution in [2.24, 2.45) is 14.1 Å². The predicted octanol–water partition coefficient (Wildman–Crippen LogP) is 0.384. The van der Waals surface area contributed by atoms with E-state index in [1.807, 2.05) is 11.0 Å². The minimum atomic E-state index is -0.683. The molecule has 12 nitrogen and oxygen atoms in total. The lowest BCUT2D eigenvalue weighted by Crippen LogP contribution is -2.41. The van der Waals surface area contributed by atoms with Crippen molar-refractivity contribution in [1.82, 2.24) is 14.0 Å². The van der Waals surface area contributed by atoms with Crippen molar-refractivity contribution in [3.05, 3.63) is 66.3 Å². The Morgan fingerprint density at radius 2 is 1.88 bits per heavy atom. The monoisotopic (exact) mass is 458 g/mol. The zero-order valence-corrected chi connectivity index (χ0v) is 18.7. The highest BCUT2D eigenvalue weighted by Crippen LogP contribution is 2.13. The quantitative estimate of drug-likeness (QED) is 0.286. The van der Waals surface area contributed by atoms with Gasteiger partial charge in [-0.1, -0.05) is 12.1 Å². The molecule has 0 radical (unpaired) electrons. The van der Waals surface area contributed by atoms with Gasteiger partial charge in [0.1, 0.15) is 11.9 Å². The first-order valence-corrected chi connectivity index (χ1v) is 10.2. The first kappa shape index (κ1) is 25.3. The number of non-ortho nitro benzene ring substituents is 1. The van der Waals surface area contributed by atoms with Gasteiger partial charge in [0, 0.05) is 39.3 Å². The van der Waals surface area contributed by atoms with Gasteiger partial charge in [-0.25, -0.2) is 4.79 Å². The number of benzene rings is 1. The molecule has 2 rings (SSSR count). The summed E-state index contributed by atoms with van der Waals surface area (Å²) < 4.78 is 6.81. The van der Waals surface area contributed by atoms with E-state index in [0.29, 0.717) is 25.9 Å². The third-order valence-corrected chi connectivity index (χ3v) is 5.16. The number of hydrogen-bond donors (Lipinski definition) is 1.